The van der Waals surface area contributed by atoms with Crippen LogP contribution in [0.15, 0.2) is 0 Å². The Morgan fingerprint density at radius 2 is 2.00 bits per heavy atom. The highest BCUT2D eigenvalue weighted by atomic mass is 32.2. The highest BCUT2D eigenvalue weighted by Gasteiger charge is 2.60. The maximum absolute atomic E-state index is 12.3. The average Bonchev–Trinajstić information content (AvgIpc) is 2.45. The van der Waals surface area contributed by atoms with Crippen molar-refractivity contribution in [2.75, 3.05) is 18.1 Å². The summed E-state index contributed by atoms with van der Waals surface area (Å²) in [7, 11) is 0. The van der Waals surface area contributed by atoms with Crippen LogP contribution in [0.25, 0.3) is 0 Å². The van der Waals surface area contributed by atoms with E-state index in [9.17, 15) is 4.79 Å². The van der Waals surface area contributed by atoms with Crippen LogP contribution in [0.2, 0.25) is 0 Å². The van der Waals surface area contributed by atoms with Crippen LogP contribution < -0.4 is 0 Å². The Bertz CT molecular complexity index is 349. The molecule has 1 saturated carbocycles. The van der Waals surface area contributed by atoms with Crippen molar-refractivity contribution in [3.8, 4) is 0 Å². The summed E-state index contributed by atoms with van der Waals surface area (Å²) < 4.78 is 11.7. The Balaban J connectivity index is 1.61. The van der Waals surface area contributed by atoms with Crippen LogP contribution in [0.3, 0.4) is 0 Å². The number of fused-ring (bicyclic) bond motifs is 1. The minimum atomic E-state index is -0.00976. The predicted octanol–water partition coefficient (Wildman–Crippen LogP) is 2.88. The molecule has 3 rings (SSSR count). The van der Waals surface area contributed by atoms with Gasteiger partial charge in [-0.3, -0.25) is 4.79 Å². The van der Waals surface area contributed by atoms with Crippen molar-refractivity contribution in [3.05, 3.63) is 0 Å². The van der Waals surface area contributed by atoms with Crippen LogP contribution in [0, 0.1) is 17.3 Å². The summed E-state index contributed by atoms with van der Waals surface area (Å²) in [6.45, 7) is 5.22. The monoisotopic (exact) mass is 284 g/mol. The van der Waals surface area contributed by atoms with Gasteiger partial charge in [0, 0.05) is 17.9 Å². The summed E-state index contributed by atoms with van der Waals surface area (Å²) in [6, 6.07) is 0. The molecule has 108 valence electrons. The molecule has 2 aliphatic heterocycles. The van der Waals surface area contributed by atoms with Crippen molar-refractivity contribution in [2.24, 2.45) is 17.3 Å². The number of thioether (sulfide) groups is 1. The first-order chi connectivity index (χ1) is 9.10. The van der Waals surface area contributed by atoms with Gasteiger partial charge in [0.25, 0.3) is 0 Å². The van der Waals surface area contributed by atoms with Crippen molar-refractivity contribution in [1.29, 1.82) is 0 Å². The Morgan fingerprint density at radius 1 is 1.26 bits per heavy atom. The van der Waals surface area contributed by atoms with Gasteiger partial charge in [0.2, 0.25) is 0 Å². The Kier molecular flexibility index (Phi) is 3.82. The molecule has 3 fully saturated rings. The van der Waals surface area contributed by atoms with Gasteiger partial charge in [-0.2, -0.15) is 11.8 Å². The molecule has 0 aromatic heterocycles. The molecule has 3 atom stereocenters. The summed E-state index contributed by atoms with van der Waals surface area (Å²) >= 11 is 1.94. The molecule has 0 aromatic carbocycles. The second-order valence-corrected chi connectivity index (χ2v) is 7.89. The molecule has 1 aliphatic carbocycles. The van der Waals surface area contributed by atoms with Gasteiger partial charge in [0.1, 0.15) is 6.10 Å². The number of hydrogen-bond acceptors (Lipinski definition) is 4. The lowest BCUT2D eigenvalue weighted by atomic mass is 9.56. The SMILES string of the molecule is CC1(C)[C@@H]2OCCC[C@H]2[C@H]1OC(=O)C1CCSCC1. The topological polar surface area (TPSA) is 35.5 Å². The zero-order chi connectivity index (χ0) is 13.5. The summed E-state index contributed by atoms with van der Waals surface area (Å²) in [5.74, 6) is 2.82. The molecule has 0 bridgehead atoms. The average molecular weight is 284 g/mol. The van der Waals surface area contributed by atoms with Gasteiger partial charge < -0.3 is 9.47 Å². The third kappa shape index (κ3) is 2.42. The molecule has 19 heavy (non-hydrogen) atoms. The maximum Gasteiger partial charge on any atom is 0.309 e. The van der Waals surface area contributed by atoms with Gasteiger partial charge in [-0.25, -0.2) is 0 Å². The van der Waals surface area contributed by atoms with E-state index < -0.39 is 0 Å². The van der Waals surface area contributed by atoms with Crippen molar-refractivity contribution in [2.45, 2.75) is 51.7 Å². The van der Waals surface area contributed by atoms with E-state index in [1.165, 1.54) is 0 Å². The second kappa shape index (κ2) is 5.28. The summed E-state index contributed by atoms with van der Waals surface area (Å²) in [6.07, 6.45) is 4.58. The second-order valence-electron chi connectivity index (χ2n) is 6.66. The molecule has 3 nitrogen and oxygen atoms in total. The Labute approximate surface area is 119 Å². The lowest BCUT2D eigenvalue weighted by Crippen LogP contribution is -2.65. The first kappa shape index (κ1) is 13.7. The van der Waals surface area contributed by atoms with Crippen molar-refractivity contribution < 1.29 is 14.3 Å². The van der Waals surface area contributed by atoms with E-state index >= 15 is 0 Å². The molecule has 3 aliphatic rings. The maximum atomic E-state index is 12.3. The molecule has 0 N–H and O–H groups in total. The fourth-order valence-corrected chi connectivity index (χ4v) is 4.98. The molecule has 0 spiro atoms. The quantitative estimate of drug-likeness (QED) is 0.731. The number of carbonyl (C=O) groups excluding carboxylic acids is 1. The van der Waals surface area contributed by atoms with Gasteiger partial charge in [-0.1, -0.05) is 13.8 Å². The normalized spacial score (nSPS) is 38.1. The van der Waals surface area contributed by atoms with Crippen LogP contribution in [0.4, 0.5) is 0 Å². The lowest BCUT2D eigenvalue weighted by Gasteiger charge is -2.58. The van der Waals surface area contributed by atoms with E-state index in [0.717, 1.165) is 43.8 Å². The van der Waals surface area contributed by atoms with E-state index in [1.807, 2.05) is 11.8 Å². The number of hydrogen-bond donors (Lipinski definition) is 0. The summed E-state index contributed by atoms with van der Waals surface area (Å²) in [5.41, 5.74) is -0.00976. The van der Waals surface area contributed by atoms with Crippen molar-refractivity contribution in [3.63, 3.8) is 0 Å². The fraction of sp³-hybridized carbons (Fsp3) is 0.933. The van der Waals surface area contributed by atoms with Gasteiger partial charge in [0.05, 0.1) is 12.0 Å². The van der Waals surface area contributed by atoms with E-state index in [0.29, 0.717) is 12.0 Å². The van der Waals surface area contributed by atoms with Crippen LogP contribution in [-0.4, -0.2) is 36.3 Å². The van der Waals surface area contributed by atoms with Crippen LogP contribution in [0.5, 0.6) is 0 Å². The van der Waals surface area contributed by atoms with E-state index in [1.54, 1.807) is 0 Å². The van der Waals surface area contributed by atoms with Gasteiger partial charge >= 0.3 is 5.97 Å². The van der Waals surface area contributed by atoms with E-state index in [4.69, 9.17) is 9.47 Å². The highest BCUT2D eigenvalue weighted by Crippen LogP contribution is 2.53. The first-order valence-electron chi connectivity index (χ1n) is 7.50. The minimum Gasteiger partial charge on any atom is -0.461 e. The number of ether oxygens (including phenoxy) is 2. The summed E-state index contributed by atoms with van der Waals surface area (Å²) in [4.78, 5) is 12.3. The lowest BCUT2D eigenvalue weighted by molar-refractivity contribution is -0.256. The van der Waals surface area contributed by atoms with Crippen molar-refractivity contribution >= 4 is 17.7 Å². The molecule has 2 heterocycles. The van der Waals surface area contributed by atoms with E-state index in [2.05, 4.69) is 13.8 Å². The predicted molar refractivity (Wildman–Crippen MR) is 76.2 cm³/mol. The van der Waals surface area contributed by atoms with E-state index in [-0.39, 0.29) is 23.4 Å². The third-order valence-corrected chi connectivity index (χ3v) is 6.07. The Morgan fingerprint density at radius 3 is 2.74 bits per heavy atom. The molecular formula is C15H24O3S. The van der Waals surface area contributed by atoms with Crippen molar-refractivity contribution in [1.82, 2.24) is 0 Å². The molecule has 4 heteroatoms. The molecule has 0 amide bonds. The van der Waals surface area contributed by atoms with Gasteiger partial charge in [0.15, 0.2) is 0 Å². The van der Waals surface area contributed by atoms with Crippen LogP contribution >= 0.6 is 11.8 Å². The zero-order valence-electron chi connectivity index (χ0n) is 11.9. The third-order valence-electron chi connectivity index (χ3n) is 5.02. The largest absolute Gasteiger partial charge is 0.461 e. The fourth-order valence-electron chi connectivity index (χ4n) is 3.87. The van der Waals surface area contributed by atoms with Crippen LogP contribution in [-0.2, 0) is 14.3 Å². The number of rotatable bonds is 2. The smallest absolute Gasteiger partial charge is 0.309 e. The minimum absolute atomic E-state index is 0.00976. The number of carbonyl (C=O) groups is 1. The molecule has 0 aromatic rings. The standard InChI is InChI=1S/C15H24O3S/c1-15(2)12-11(4-3-7-17-12)13(15)18-14(16)10-5-8-19-9-6-10/h10-13H,3-9H2,1-2H3/t11-,12-,13-/m1/s1. The van der Waals surface area contributed by atoms with Gasteiger partial charge in [-0.15, -0.1) is 0 Å². The highest BCUT2D eigenvalue weighted by molar-refractivity contribution is 7.99. The zero-order valence-corrected chi connectivity index (χ0v) is 12.7. The number of esters is 1. The van der Waals surface area contributed by atoms with Gasteiger partial charge in [-0.05, 0) is 37.2 Å². The molecule has 2 saturated heterocycles. The molecular weight excluding hydrogens is 260 g/mol. The molecule has 0 radical (unpaired) electrons. The Hall–Kier alpha value is -0.220. The summed E-state index contributed by atoms with van der Waals surface area (Å²) in [5, 5.41) is 0. The first-order valence-corrected chi connectivity index (χ1v) is 8.66. The molecule has 0 unspecified atom stereocenters. The van der Waals surface area contributed by atoms with Crippen LogP contribution in [0.1, 0.15) is 39.5 Å².